The van der Waals surface area contributed by atoms with Crippen molar-refractivity contribution in [3.63, 3.8) is 0 Å². The number of hydrogen-bond acceptors (Lipinski definition) is 10. The van der Waals surface area contributed by atoms with Gasteiger partial charge in [0.1, 0.15) is 30.2 Å². The molecular weight excluding hydrogens is 486 g/mol. The van der Waals surface area contributed by atoms with E-state index in [0.29, 0.717) is 24.5 Å². The zero-order valence-corrected chi connectivity index (χ0v) is 22.2. The molecule has 0 unspecified atom stereocenters. The molecule has 8 atom stereocenters. The summed E-state index contributed by atoms with van der Waals surface area (Å²) in [7, 11) is 7.65. The van der Waals surface area contributed by atoms with Crippen molar-refractivity contribution in [3.05, 3.63) is 23.3 Å². The Kier molecular flexibility index (Phi) is 8.72. The van der Waals surface area contributed by atoms with E-state index >= 15 is 0 Å². The molecule has 11 nitrogen and oxygen atoms in total. The summed E-state index contributed by atoms with van der Waals surface area (Å²) in [5.41, 5.74) is 1.57. The summed E-state index contributed by atoms with van der Waals surface area (Å²) in [4.78, 5) is 28.7. The Bertz CT molecular complexity index is 986. The summed E-state index contributed by atoms with van der Waals surface area (Å²) in [5, 5.41) is 11.1. The number of nitrogens with zero attached hydrogens (tertiary/aromatic N) is 1. The molecule has 4 rings (SSSR count). The zero-order chi connectivity index (χ0) is 26.9. The lowest BCUT2D eigenvalue weighted by Crippen LogP contribution is -2.60. The number of ketones is 1. The lowest BCUT2D eigenvalue weighted by atomic mass is 9.86. The molecular formula is C26H37NO10. The Labute approximate surface area is 216 Å². The summed E-state index contributed by atoms with van der Waals surface area (Å²) >= 11 is 0. The first kappa shape index (κ1) is 27.7. The van der Waals surface area contributed by atoms with Crippen LogP contribution in [0.25, 0.3) is 0 Å². The minimum atomic E-state index is -1.57. The van der Waals surface area contributed by atoms with Crippen LogP contribution in [0.4, 0.5) is 0 Å². The average molecular weight is 524 g/mol. The molecule has 0 aliphatic carbocycles. The molecule has 11 heteroatoms. The highest BCUT2D eigenvalue weighted by Gasteiger charge is 2.49. The number of fused-ring (bicyclic) bond motifs is 5. The van der Waals surface area contributed by atoms with Crippen LogP contribution in [0.5, 0.6) is 11.5 Å². The summed E-state index contributed by atoms with van der Waals surface area (Å²) < 4.78 is 39.9. The summed E-state index contributed by atoms with van der Waals surface area (Å²) in [5.74, 6) is -0.147. The van der Waals surface area contributed by atoms with Crippen LogP contribution in [0.15, 0.2) is 12.1 Å². The number of Topliss-reactive ketones (excluding diaryl/α,β-unsaturated/α-hetero) is 1. The Balaban J connectivity index is 1.66. The second-order valence-electron chi connectivity index (χ2n) is 9.61. The van der Waals surface area contributed by atoms with Gasteiger partial charge in [-0.15, -0.1) is 0 Å². The summed E-state index contributed by atoms with van der Waals surface area (Å²) in [6.07, 6.45) is -5.56. The van der Waals surface area contributed by atoms with Crippen molar-refractivity contribution in [2.75, 3.05) is 42.1 Å². The molecule has 0 spiro atoms. The molecule has 1 aromatic carbocycles. The van der Waals surface area contributed by atoms with Gasteiger partial charge >= 0.3 is 0 Å². The Morgan fingerprint density at radius 3 is 2.22 bits per heavy atom. The maximum Gasteiger partial charge on any atom is 0.254 e. The summed E-state index contributed by atoms with van der Waals surface area (Å²) in [6.45, 7) is 2.35. The number of methoxy groups -OCH3 is 5. The van der Waals surface area contributed by atoms with E-state index in [1.807, 2.05) is 6.92 Å². The van der Waals surface area contributed by atoms with Gasteiger partial charge in [-0.3, -0.25) is 9.59 Å². The van der Waals surface area contributed by atoms with Crippen LogP contribution in [0.3, 0.4) is 0 Å². The predicted octanol–water partition coefficient (Wildman–Crippen LogP) is 1.03. The van der Waals surface area contributed by atoms with Crippen molar-refractivity contribution < 1.29 is 47.9 Å². The first-order valence-electron chi connectivity index (χ1n) is 12.4. The molecule has 206 valence electrons. The van der Waals surface area contributed by atoms with Crippen LogP contribution in [0.1, 0.15) is 36.8 Å². The number of carbonyl (C=O) groups is 2. The number of benzene rings is 1. The molecule has 2 saturated heterocycles. The second-order valence-corrected chi connectivity index (χ2v) is 9.61. The third-order valence-electron chi connectivity index (χ3n) is 7.63. The standard InChI is InChI=1S/C26H37NO10/c1-13-22(33-4)23(34-5)24(35-6)26(36-13)37-20-11-17(28)15-7-8-27(25(30)21(20)29)12-14-9-18(31-2)19(32-3)10-16(14)15/h9-10,13,15,20-24,26,29H,7-8,11-12H2,1-6H3/t13-,15-,20-,21+,22-,23+,24-,26+/m1/s1. The third-order valence-corrected chi connectivity index (χ3v) is 7.63. The van der Waals surface area contributed by atoms with Crippen molar-refractivity contribution in [3.8, 4) is 11.5 Å². The highest BCUT2D eigenvalue weighted by molar-refractivity contribution is 5.90. The van der Waals surface area contributed by atoms with Gasteiger partial charge in [-0.05, 0) is 36.6 Å². The van der Waals surface area contributed by atoms with Crippen molar-refractivity contribution in [1.29, 1.82) is 0 Å². The van der Waals surface area contributed by atoms with E-state index in [4.69, 9.17) is 33.2 Å². The molecule has 3 aliphatic heterocycles. The van der Waals surface area contributed by atoms with Gasteiger partial charge in [-0.2, -0.15) is 0 Å². The molecule has 2 fully saturated rings. The third kappa shape index (κ3) is 5.21. The van der Waals surface area contributed by atoms with Gasteiger partial charge in [-0.1, -0.05) is 0 Å². The molecule has 1 N–H and O–H groups in total. The Hall–Kier alpha value is -2.28. The SMILES string of the molecule is COc1cc2c(cc1OC)[C@H]1CCN(C2)C(=O)[C@@H](O)[C@H](O[C@@H]2O[C@H](C)[C@@H](OC)[C@H](OC)[C@H]2OC)CC1=O. The van der Waals surface area contributed by atoms with Crippen LogP contribution in [0, 0.1) is 0 Å². The van der Waals surface area contributed by atoms with Gasteiger partial charge in [0, 0.05) is 46.8 Å². The van der Waals surface area contributed by atoms with Crippen molar-refractivity contribution in [2.45, 2.75) is 75.1 Å². The van der Waals surface area contributed by atoms with Gasteiger partial charge in [0.05, 0.1) is 20.3 Å². The van der Waals surface area contributed by atoms with Crippen LogP contribution in [0.2, 0.25) is 0 Å². The van der Waals surface area contributed by atoms with Crippen LogP contribution >= 0.6 is 0 Å². The Morgan fingerprint density at radius 1 is 0.946 bits per heavy atom. The fraction of sp³-hybridized carbons (Fsp3) is 0.692. The van der Waals surface area contributed by atoms with Crippen LogP contribution < -0.4 is 9.47 Å². The fourth-order valence-electron chi connectivity index (χ4n) is 5.66. The first-order chi connectivity index (χ1) is 17.8. The van der Waals surface area contributed by atoms with Gasteiger partial charge in [0.15, 0.2) is 23.9 Å². The molecule has 3 aliphatic rings. The zero-order valence-electron chi connectivity index (χ0n) is 22.2. The molecule has 0 radical (unpaired) electrons. The highest BCUT2D eigenvalue weighted by atomic mass is 16.7. The minimum absolute atomic E-state index is 0.148. The van der Waals surface area contributed by atoms with Crippen LogP contribution in [-0.4, -0.2) is 107 Å². The lowest BCUT2D eigenvalue weighted by Gasteiger charge is -2.44. The normalized spacial score (nSPS) is 34.3. The van der Waals surface area contributed by atoms with E-state index in [1.165, 1.54) is 28.4 Å². The number of hydrogen-bond donors (Lipinski definition) is 1. The number of amides is 1. The highest BCUT2D eigenvalue weighted by Crippen LogP contribution is 2.40. The molecule has 2 bridgehead atoms. The van der Waals surface area contributed by atoms with E-state index in [2.05, 4.69) is 0 Å². The molecule has 0 saturated carbocycles. The topological polar surface area (TPSA) is 122 Å². The quantitative estimate of drug-likeness (QED) is 0.554. The maximum atomic E-state index is 13.7. The second kappa shape index (κ2) is 11.6. The fourth-order valence-corrected chi connectivity index (χ4v) is 5.66. The predicted molar refractivity (Wildman–Crippen MR) is 130 cm³/mol. The molecule has 1 amide bonds. The largest absolute Gasteiger partial charge is 0.493 e. The average Bonchev–Trinajstić information content (AvgIpc) is 3.07. The first-order valence-corrected chi connectivity index (χ1v) is 12.4. The lowest BCUT2D eigenvalue weighted by molar-refractivity contribution is -0.319. The van der Waals surface area contributed by atoms with E-state index in [1.54, 1.807) is 24.1 Å². The van der Waals surface area contributed by atoms with E-state index in [-0.39, 0.29) is 18.7 Å². The molecule has 1 aromatic rings. The van der Waals surface area contributed by atoms with Gasteiger partial charge in [-0.25, -0.2) is 0 Å². The van der Waals surface area contributed by atoms with Gasteiger partial charge < -0.3 is 43.2 Å². The number of aliphatic hydroxyl groups excluding tert-OH is 1. The monoisotopic (exact) mass is 523 g/mol. The molecule has 0 aromatic heterocycles. The van der Waals surface area contributed by atoms with Gasteiger partial charge in [0.2, 0.25) is 0 Å². The molecule has 3 heterocycles. The number of aliphatic hydroxyl groups is 1. The number of carbonyl (C=O) groups excluding carboxylic acids is 2. The Morgan fingerprint density at radius 2 is 1.59 bits per heavy atom. The maximum absolute atomic E-state index is 13.7. The van der Waals surface area contributed by atoms with E-state index in [0.717, 1.165) is 11.1 Å². The van der Waals surface area contributed by atoms with E-state index in [9.17, 15) is 14.7 Å². The molecule has 37 heavy (non-hydrogen) atoms. The van der Waals surface area contributed by atoms with Crippen molar-refractivity contribution >= 4 is 11.7 Å². The van der Waals surface area contributed by atoms with Crippen LogP contribution in [-0.2, 0) is 39.8 Å². The van der Waals surface area contributed by atoms with Gasteiger partial charge in [0.25, 0.3) is 5.91 Å². The smallest absolute Gasteiger partial charge is 0.254 e. The van der Waals surface area contributed by atoms with Crippen molar-refractivity contribution in [1.82, 2.24) is 4.90 Å². The number of ether oxygens (including phenoxy) is 7. The van der Waals surface area contributed by atoms with Crippen molar-refractivity contribution in [2.24, 2.45) is 0 Å². The minimum Gasteiger partial charge on any atom is -0.493 e. The van der Waals surface area contributed by atoms with E-state index < -0.39 is 54.7 Å². The summed E-state index contributed by atoms with van der Waals surface area (Å²) in [6, 6.07) is 3.60. The number of rotatable bonds is 7.